The lowest BCUT2D eigenvalue weighted by Crippen LogP contribution is -2.33. The summed E-state index contributed by atoms with van der Waals surface area (Å²) in [4.78, 5) is 10.8. The fraction of sp³-hybridized carbons (Fsp3) is 0.364. The van der Waals surface area contributed by atoms with Gasteiger partial charge in [-0.25, -0.2) is 0 Å². The minimum atomic E-state index is -4.40. The average Bonchev–Trinajstić information content (AvgIpc) is 2.33. The monoisotopic (exact) mass is 298 g/mol. The number of benzene rings is 1. The maximum Gasteiger partial charge on any atom is 0.416 e. The van der Waals surface area contributed by atoms with E-state index in [0.717, 1.165) is 12.1 Å². The molecule has 0 aromatic heterocycles. The highest BCUT2D eigenvalue weighted by atomic mass is 35.5. The molecule has 0 atom stereocenters. The fourth-order valence-electron chi connectivity index (χ4n) is 1.19. The summed E-state index contributed by atoms with van der Waals surface area (Å²) in [6.07, 6.45) is -4.40. The quantitative estimate of drug-likeness (QED) is 0.811. The Kier molecular flexibility index (Phi) is 7.25. The maximum absolute atomic E-state index is 12.4. The van der Waals surface area contributed by atoms with Crippen LogP contribution in [0.15, 0.2) is 24.3 Å². The Bertz CT molecular complexity index is 413. The molecule has 0 unspecified atom stereocenters. The summed E-state index contributed by atoms with van der Waals surface area (Å²) in [5, 5.41) is 2.44. The van der Waals surface area contributed by atoms with E-state index in [9.17, 15) is 18.0 Å². The van der Waals surface area contributed by atoms with E-state index >= 15 is 0 Å². The first-order valence-corrected chi connectivity index (χ1v) is 5.20. The molecule has 1 aromatic carbocycles. The molecule has 1 rings (SSSR count). The molecular weight excluding hydrogens is 285 g/mol. The molecule has 0 aliphatic heterocycles. The first kappa shape index (κ1) is 17.5. The standard InChI is InChI=1S/C11H13F3N2O2.ClH/c12-11(13,14)8-2-1-3-9(6-8)18-5-4-16-10(17)7-15;/h1-3,6H,4-5,7,15H2,(H,16,17);1H. The molecule has 19 heavy (non-hydrogen) atoms. The number of rotatable bonds is 5. The van der Waals surface area contributed by atoms with Gasteiger partial charge in [0, 0.05) is 0 Å². The number of carbonyl (C=O) groups is 1. The third kappa shape index (κ3) is 6.30. The minimum absolute atomic E-state index is 0. The van der Waals surface area contributed by atoms with Crippen LogP contribution in [0.1, 0.15) is 5.56 Å². The number of nitrogens with two attached hydrogens (primary N) is 1. The molecule has 0 bridgehead atoms. The molecule has 8 heteroatoms. The van der Waals surface area contributed by atoms with Crippen LogP contribution in [0.5, 0.6) is 5.75 Å². The minimum Gasteiger partial charge on any atom is -0.492 e. The Morgan fingerprint density at radius 1 is 1.37 bits per heavy atom. The Hall–Kier alpha value is -1.47. The van der Waals surface area contributed by atoms with Gasteiger partial charge < -0.3 is 15.8 Å². The van der Waals surface area contributed by atoms with Crippen molar-refractivity contribution in [3.8, 4) is 5.75 Å². The van der Waals surface area contributed by atoms with Crippen LogP contribution in [0.25, 0.3) is 0 Å². The van der Waals surface area contributed by atoms with Crippen LogP contribution < -0.4 is 15.8 Å². The molecule has 0 saturated heterocycles. The van der Waals surface area contributed by atoms with Crippen LogP contribution in [-0.4, -0.2) is 25.6 Å². The van der Waals surface area contributed by atoms with Crippen LogP contribution >= 0.6 is 12.4 Å². The number of hydrogen-bond donors (Lipinski definition) is 2. The van der Waals surface area contributed by atoms with Gasteiger partial charge in [-0.3, -0.25) is 4.79 Å². The van der Waals surface area contributed by atoms with Gasteiger partial charge in [-0.2, -0.15) is 13.2 Å². The van der Waals surface area contributed by atoms with E-state index in [4.69, 9.17) is 10.5 Å². The zero-order chi connectivity index (χ0) is 13.6. The second kappa shape index (κ2) is 7.85. The van der Waals surface area contributed by atoms with Crippen LogP contribution in [0.2, 0.25) is 0 Å². The molecule has 0 fully saturated rings. The van der Waals surface area contributed by atoms with Crippen LogP contribution in [-0.2, 0) is 11.0 Å². The lowest BCUT2D eigenvalue weighted by Gasteiger charge is -2.10. The van der Waals surface area contributed by atoms with Crippen molar-refractivity contribution in [3.63, 3.8) is 0 Å². The van der Waals surface area contributed by atoms with E-state index in [2.05, 4.69) is 5.32 Å². The number of carbonyl (C=O) groups excluding carboxylic acids is 1. The van der Waals surface area contributed by atoms with E-state index < -0.39 is 11.7 Å². The summed E-state index contributed by atoms with van der Waals surface area (Å²) in [6.45, 7) is 0.128. The summed E-state index contributed by atoms with van der Waals surface area (Å²) in [6, 6.07) is 4.55. The van der Waals surface area contributed by atoms with Crippen LogP contribution in [0.3, 0.4) is 0 Å². The number of hydrogen-bond acceptors (Lipinski definition) is 3. The lowest BCUT2D eigenvalue weighted by atomic mass is 10.2. The third-order valence-corrected chi connectivity index (χ3v) is 2.04. The summed E-state index contributed by atoms with van der Waals surface area (Å²) in [7, 11) is 0. The van der Waals surface area contributed by atoms with Gasteiger partial charge >= 0.3 is 6.18 Å². The number of halogens is 4. The number of nitrogens with one attached hydrogen (secondary N) is 1. The van der Waals surface area contributed by atoms with Crippen molar-refractivity contribution in [3.05, 3.63) is 29.8 Å². The maximum atomic E-state index is 12.4. The van der Waals surface area contributed by atoms with E-state index in [0.29, 0.717) is 0 Å². The largest absolute Gasteiger partial charge is 0.492 e. The van der Waals surface area contributed by atoms with Crippen molar-refractivity contribution in [2.45, 2.75) is 6.18 Å². The van der Waals surface area contributed by atoms with Crippen molar-refractivity contribution >= 4 is 18.3 Å². The van der Waals surface area contributed by atoms with Crippen molar-refractivity contribution < 1.29 is 22.7 Å². The van der Waals surface area contributed by atoms with Crippen molar-refractivity contribution in [2.75, 3.05) is 19.7 Å². The Morgan fingerprint density at radius 3 is 2.63 bits per heavy atom. The van der Waals surface area contributed by atoms with Gasteiger partial charge in [0.05, 0.1) is 18.7 Å². The van der Waals surface area contributed by atoms with Crippen molar-refractivity contribution in [1.29, 1.82) is 0 Å². The zero-order valence-electron chi connectivity index (χ0n) is 9.87. The highest BCUT2D eigenvalue weighted by Crippen LogP contribution is 2.31. The first-order valence-electron chi connectivity index (χ1n) is 5.20. The van der Waals surface area contributed by atoms with Gasteiger partial charge in [0.25, 0.3) is 0 Å². The molecule has 0 heterocycles. The van der Waals surface area contributed by atoms with E-state index in [1.807, 2.05) is 0 Å². The molecule has 1 aromatic rings. The highest BCUT2D eigenvalue weighted by Gasteiger charge is 2.30. The highest BCUT2D eigenvalue weighted by molar-refractivity contribution is 5.85. The average molecular weight is 299 g/mol. The summed E-state index contributed by atoms with van der Waals surface area (Å²) in [5.74, 6) is -0.241. The van der Waals surface area contributed by atoms with E-state index in [-0.39, 0.29) is 43.8 Å². The molecule has 0 aliphatic carbocycles. The number of alkyl halides is 3. The topological polar surface area (TPSA) is 64.4 Å². The number of ether oxygens (including phenoxy) is 1. The first-order chi connectivity index (χ1) is 8.43. The molecule has 1 amide bonds. The third-order valence-electron chi connectivity index (χ3n) is 2.04. The number of amides is 1. The van der Waals surface area contributed by atoms with E-state index in [1.165, 1.54) is 12.1 Å². The molecule has 0 radical (unpaired) electrons. The second-order valence-electron chi connectivity index (χ2n) is 3.43. The van der Waals surface area contributed by atoms with E-state index in [1.54, 1.807) is 0 Å². The van der Waals surface area contributed by atoms with Gasteiger partial charge in [0.15, 0.2) is 0 Å². The molecular formula is C11H14ClF3N2O2. The van der Waals surface area contributed by atoms with Gasteiger partial charge in [0.1, 0.15) is 12.4 Å². The molecule has 0 aliphatic rings. The van der Waals surface area contributed by atoms with Crippen molar-refractivity contribution in [2.24, 2.45) is 5.73 Å². The Labute approximate surface area is 114 Å². The van der Waals surface area contributed by atoms with Gasteiger partial charge in [-0.15, -0.1) is 12.4 Å². The van der Waals surface area contributed by atoms with Gasteiger partial charge in [-0.1, -0.05) is 6.07 Å². The van der Waals surface area contributed by atoms with Crippen LogP contribution in [0.4, 0.5) is 13.2 Å². The molecule has 4 nitrogen and oxygen atoms in total. The SMILES string of the molecule is Cl.NCC(=O)NCCOc1cccc(C(F)(F)F)c1. The van der Waals surface area contributed by atoms with Gasteiger partial charge in [0.2, 0.25) is 5.91 Å². The molecule has 0 spiro atoms. The fourth-order valence-corrected chi connectivity index (χ4v) is 1.19. The summed E-state index contributed by atoms with van der Waals surface area (Å²) < 4.78 is 42.2. The zero-order valence-corrected chi connectivity index (χ0v) is 10.7. The second-order valence-corrected chi connectivity index (χ2v) is 3.43. The van der Waals surface area contributed by atoms with Crippen LogP contribution in [0, 0.1) is 0 Å². The summed E-state index contributed by atoms with van der Waals surface area (Å²) >= 11 is 0. The summed E-state index contributed by atoms with van der Waals surface area (Å²) in [5.41, 5.74) is 4.28. The molecule has 3 N–H and O–H groups in total. The smallest absolute Gasteiger partial charge is 0.416 e. The van der Waals surface area contributed by atoms with Gasteiger partial charge in [-0.05, 0) is 18.2 Å². The molecule has 108 valence electrons. The Morgan fingerprint density at radius 2 is 2.05 bits per heavy atom. The van der Waals surface area contributed by atoms with Crippen molar-refractivity contribution in [1.82, 2.24) is 5.32 Å². The Balaban J connectivity index is 0.00000324. The lowest BCUT2D eigenvalue weighted by molar-refractivity contribution is -0.137. The predicted molar refractivity (Wildman–Crippen MR) is 66.3 cm³/mol. The molecule has 0 saturated carbocycles. The predicted octanol–water partition coefficient (Wildman–Crippen LogP) is 1.58. The normalized spacial score (nSPS) is 10.5.